The first-order valence-corrected chi connectivity index (χ1v) is 8.13. The van der Waals surface area contributed by atoms with Crippen LogP contribution in [0.2, 0.25) is 0 Å². The molecule has 0 spiro atoms. The molecule has 1 aromatic carbocycles. The summed E-state index contributed by atoms with van der Waals surface area (Å²) >= 11 is 0. The molecular formula is C19H16F3N3O3. The van der Waals surface area contributed by atoms with Crippen LogP contribution < -0.4 is 15.0 Å². The lowest BCUT2D eigenvalue weighted by Gasteiger charge is -2.12. The molecule has 0 amide bonds. The van der Waals surface area contributed by atoms with Gasteiger partial charge < -0.3 is 14.0 Å². The summed E-state index contributed by atoms with van der Waals surface area (Å²) in [6.45, 7) is 0.199. The van der Waals surface area contributed by atoms with E-state index in [2.05, 4.69) is 9.97 Å². The third-order valence-electron chi connectivity index (χ3n) is 4.04. The highest BCUT2D eigenvalue weighted by atomic mass is 19.4. The lowest BCUT2D eigenvalue weighted by Crippen LogP contribution is -2.19. The molecule has 0 bridgehead atoms. The minimum absolute atomic E-state index is 0.0726. The average molecular weight is 391 g/mol. The van der Waals surface area contributed by atoms with Crippen molar-refractivity contribution in [1.29, 1.82) is 0 Å². The molecule has 0 aliphatic heterocycles. The van der Waals surface area contributed by atoms with Crippen molar-refractivity contribution < 1.29 is 22.6 Å². The van der Waals surface area contributed by atoms with E-state index in [1.165, 1.54) is 37.1 Å². The van der Waals surface area contributed by atoms with Crippen molar-refractivity contribution in [1.82, 2.24) is 14.5 Å². The van der Waals surface area contributed by atoms with Gasteiger partial charge in [0.2, 0.25) is 0 Å². The van der Waals surface area contributed by atoms with Crippen LogP contribution in [-0.4, -0.2) is 28.8 Å². The van der Waals surface area contributed by atoms with Crippen LogP contribution in [0.3, 0.4) is 0 Å². The molecule has 0 saturated carbocycles. The van der Waals surface area contributed by atoms with Gasteiger partial charge in [0.15, 0.2) is 11.5 Å². The summed E-state index contributed by atoms with van der Waals surface area (Å²) in [5.41, 5.74) is -0.147. The van der Waals surface area contributed by atoms with E-state index in [1.54, 1.807) is 18.2 Å². The predicted octanol–water partition coefficient (Wildman–Crippen LogP) is 3.39. The first kappa shape index (κ1) is 19.4. The molecule has 0 aliphatic rings. The van der Waals surface area contributed by atoms with Crippen molar-refractivity contribution >= 4 is 0 Å². The highest BCUT2D eigenvalue weighted by molar-refractivity contribution is 5.58. The monoisotopic (exact) mass is 391 g/mol. The number of hydrogen-bond donors (Lipinski definition) is 0. The molecule has 3 aromatic rings. The van der Waals surface area contributed by atoms with Crippen LogP contribution in [-0.2, 0) is 12.7 Å². The average Bonchev–Trinajstić information content (AvgIpc) is 2.69. The van der Waals surface area contributed by atoms with Gasteiger partial charge in [-0.1, -0.05) is 6.07 Å². The Morgan fingerprint density at radius 3 is 2.43 bits per heavy atom. The van der Waals surface area contributed by atoms with Crippen LogP contribution in [0, 0.1) is 0 Å². The van der Waals surface area contributed by atoms with Crippen LogP contribution in [0.5, 0.6) is 11.5 Å². The van der Waals surface area contributed by atoms with Gasteiger partial charge in [-0.2, -0.15) is 13.2 Å². The summed E-state index contributed by atoms with van der Waals surface area (Å²) in [5, 5.41) is 0. The zero-order chi connectivity index (χ0) is 20.3. The van der Waals surface area contributed by atoms with E-state index in [9.17, 15) is 18.0 Å². The maximum Gasteiger partial charge on any atom is 0.433 e. The van der Waals surface area contributed by atoms with Gasteiger partial charge in [0.05, 0.1) is 26.5 Å². The van der Waals surface area contributed by atoms with Crippen LogP contribution in [0.4, 0.5) is 13.2 Å². The standard InChI is InChI=1S/C19H16F3N3O3/c1-27-15-5-3-12(7-16(15)28-2)9-25-10-13(4-6-18(25)26)14-8-17(19(20,21)22)24-11-23-14/h3-8,10-11H,9H2,1-2H3. The van der Waals surface area contributed by atoms with E-state index in [-0.39, 0.29) is 17.8 Å². The first-order valence-electron chi connectivity index (χ1n) is 8.13. The molecule has 0 unspecified atom stereocenters. The van der Waals surface area contributed by atoms with E-state index in [0.29, 0.717) is 17.1 Å². The van der Waals surface area contributed by atoms with Gasteiger partial charge in [-0.3, -0.25) is 4.79 Å². The van der Waals surface area contributed by atoms with Gasteiger partial charge in [-0.25, -0.2) is 9.97 Å². The number of pyridine rings is 1. The summed E-state index contributed by atoms with van der Waals surface area (Å²) in [6.07, 6.45) is -2.27. The van der Waals surface area contributed by atoms with E-state index in [4.69, 9.17) is 9.47 Å². The maximum absolute atomic E-state index is 12.9. The Kier molecular flexibility index (Phi) is 5.34. The lowest BCUT2D eigenvalue weighted by molar-refractivity contribution is -0.141. The zero-order valence-electron chi connectivity index (χ0n) is 15.0. The minimum Gasteiger partial charge on any atom is -0.493 e. The molecule has 6 nitrogen and oxygen atoms in total. The number of ether oxygens (including phenoxy) is 2. The molecule has 9 heteroatoms. The molecule has 0 aliphatic carbocycles. The second kappa shape index (κ2) is 7.71. The number of benzene rings is 1. The number of hydrogen-bond acceptors (Lipinski definition) is 5. The quantitative estimate of drug-likeness (QED) is 0.667. The highest BCUT2D eigenvalue weighted by Crippen LogP contribution is 2.30. The largest absolute Gasteiger partial charge is 0.493 e. The van der Waals surface area contributed by atoms with Crippen LogP contribution in [0.15, 0.2) is 53.7 Å². The predicted molar refractivity (Wildman–Crippen MR) is 95.4 cm³/mol. The molecule has 2 aromatic heterocycles. The van der Waals surface area contributed by atoms with Crippen molar-refractivity contribution in [3.63, 3.8) is 0 Å². The van der Waals surface area contributed by atoms with Crippen LogP contribution >= 0.6 is 0 Å². The van der Waals surface area contributed by atoms with E-state index in [1.807, 2.05) is 0 Å². The molecule has 2 heterocycles. The Bertz CT molecular complexity index is 1050. The smallest absolute Gasteiger partial charge is 0.433 e. The fraction of sp³-hybridized carbons (Fsp3) is 0.211. The molecule has 0 N–H and O–H groups in total. The van der Waals surface area contributed by atoms with Crippen molar-refractivity contribution in [2.75, 3.05) is 14.2 Å². The van der Waals surface area contributed by atoms with Crippen LogP contribution in [0.1, 0.15) is 11.3 Å². The van der Waals surface area contributed by atoms with Gasteiger partial charge in [-0.05, 0) is 29.8 Å². The van der Waals surface area contributed by atoms with Gasteiger partial charge in [0.25, 0.3) is 5.56 Å². The summed E-state index contributed by atoms with van der Waals surface area (Å²) in [6, 6.07) is 8.77. The molecule has 0 saturated heterocycles. The molecule has 28 heavy (non-hydrogen) atoms. The second-order valence-corrected chi connectivity index (χ2v) is 5.86. The number of methoxy groups -OCH3 is 2. The number of rotatable bonds is 5. The number of alkyl halides is 3. The Balaban J connectivity index is 1.96. The van der Waals surface area contributed by atoms with Crippen molar-refractivity contribution in [2.24, 2.45) is 0 Å². The third-order valence-corrected chi connectivity index (χ3v) is 4.04. The minimum atomic E-state index is -4.58. The molecule has 0 radical (unpaired) electrons. The third kappa shape index (κ3) is 4.13. The first-order chi connectivity index (χ1) is 13.3. The van der Waals surface area contributed by atoms with Gasteiger partial charge >= 0.3 is 6.18 Å². The number of nitrogens with zero attached hydrogens (tertiary/aromatic N) is 3. The molecule has 146 valence electrons. The van der Waals surface area contributed by atoms with E-state index in [0.717, 1.165) is 18.0 Å². The molecule has 0 fully saturated rings. The maximum atomic E-state index is 12.9. The van der Waals surface area contributed by atoms with Crippen LogP contribution in [0.25, 0.3) is 11.3 Å². The normalized spacial score (nSPS) is 11.3. The van der Waals surface area contributed by atoms with Crippen molar-refractivity contribution in [3.05, 3.63) is 70.5 Å². The fourth-order valence-electron chi connectivity index (χ4n) is 2.65. The summed E-state index contributed by atoms with van der Waals surface area (Å²) < 4.78 is 50.4. The number of halogens is 3. The molecular weight excluding hydrogens is 375 g/mol. The highest BCUT2D eigenvalue weighted by Gasteiger charge is 2.32. The Morgan fingerprint density at radius 2 is 1.75 bits per heavy atom. The Labute approximate surface area is 158 Å². The van der Waals surface area contributed by atoms with Gasteiger partial charge in [0.1, 0.15) is 12.0 Å². The van der Waals surface area contributed by atoms with Crippen molar-refractivity contribution in [3.8, 4) is 22.8 Å². The fourth-order valence-corrected chi connectivity index (χ4v) is 2.65. The van der Waals surface area contributed by atoms with E-state index >= 15 is 0 Å². The molecule has 3 rings (SSSR count). The number of aromatic nitrogens is 3. The Morgan fingerprint density at radius 1 is 1.00 bits per heavy atom. The zero-order valence-corrected chi connectivity index (χ0v) is 15.0. The Hall–Kier alpha value is -3.36. The summed E-state index contributed by atoms with van der Waals surface area (Å²) in [7, 11) is 3.02. The second-order valence-electron chi connectivity index (χ2n) is 5.86. The lowest BCUT2D eigenvalue weighted by atomic mass is 10.1. The van der Waals surface area contributed by atoms with E-state index < -0.39 is 11.9 Å². The van der Waals surface area contributed by atoms with Gasteiger partial charge in [-0.15, -0.1) is 0 Å². The summed E-state index contributed by atoms with van der Waals surface area (Å²) in [4.78, 5) is 19.3. The van der Waals surface area contributed by atoms with Crippen molar-refractivity contribution in [2.45, 2.75) is 12.7 Å². The molecule has 0 atom stereocenters. The van der Waals surface area contributed by atoms with Gasteiger partial charge in [0, 0.05) is 17.8 Å². The SMILES string of the molecule is COc1ccc(Cn2cc(-c3cc(C(F)(F)F)ncn3)ccc2=O)cc1OC. The topological polar surface area (TPSA) is 66.2 Å². The summed E-state index contributed by atoms with van der Waals surface area (Å²) in [5.74, 6) is 1.06.